The Bertz CT molecular complexity index is 290. The van der Waals surface area contributed by atoms with Crippen molar-refractivity contribution in [3.63, 3.8) is 0 Å². The third-order valence-electron chi connectivity index (χ3n) is 2.40. The van der Waals surface area contributed by atoms with Crippen LogP contribution in [0.15, 0.2) is 24.3 Å². The molecule has 15 heavy (non-hydrogen) atoms. The van der Waals surface area contributed by atoms with Crippen LogP contribution in [0.25, 0.3) is 0 Å². The summed E-state index contributed by atoms with van der Waals surface area (Å²) in [5.41, 5.74) is -0.481. The number of phenols is 1. The highest BCUT2D eigenvalue weighted by Gasteiger charge is 2.24. The molecule has 84 valence electrons. The number of aromatic hydroxyl groups is 1. The van der Waals surface area contributed by atoms with E-state index in [4.69, 9.17) is 15.3 Å². The maximum Gasteiger partial charge on any atom is 0.115 e. The van der Waals surface area contributed by atoms with Gasteiger partial charge in [0.25, 0.3) is 0 Å². The van der Waals surface area contributed by atoms with Gasteiger partial charge in [0.05, 0.1) is 13.2 Å². The second-order valence-corrected chi connectivity index (χ2v) is 3.71. The molecule has 0 radical (unpaired) electrons. The molecule has 0 saturated heterocycles. The Morgan fingerprint density at radius 2 is 1.53 bits per heavy atom. The van der Waals surface area contributed by atoms with Crippen LogP contribution in [0.1, 0.15) is 12.0 Å². The van der Waals surface area contributed by atoms with E-state index in [9.17, 15) is 5.11 Å². The SMILES string of the molecule is OCC(O)(CO)CCc1ccc(O)cc1. The van der Waals surface area contributed by atoms with E-state index in [2.05, 4.69) is 0 Å². The summed E-state index contributed by atoms with van der Waals surface area (Å²) in [5, 5.41) is 36.4. The number of hydrogen-bond donors (Lipinski definition) is 4. The maximum atomic E-state index is 9.60. The molecule has 0 unspecified atom stereocenters. The van der Waals surface area contributed by atoms with Gasteiger partial charge in [0.1, 0.15) is 11.4 Å². The van der Waals surface area contributed by atoms with Gasteiger partial charge in [-0.15, -0.1) is 0 Å². The Balaban J connectivity index is 2.53. The minimum absolute atomic E-state index is 0.193. The summed E-state index contributed by atoms with van der Waals surface area (Å²) in [6.07, 6.45) is 0.822. The van der Waals surface area contributed by atoms with Crippen LogP contribution >= 0.6 is 0 Å². The van der Waals surface area contributed by atoms with Gasteiger partial charge in [-0.1, -0.05) is 12.1 Å². The molecule has 0 bridgehead atoms. The largest absolute Gasteiger partial charge is 0.508 e. The van der Waals surface area contributed by atoms with E-state index in [0.29, 0.717) is 6.42 Å². The fraction of sp³-hybridized carbons (Fsp3) is 0.455. The molecule has 1 aromatic carbocycles. The van der Waals surface area contributed by atoms with Crippen LogP contribution in [0.4, 0.5) is 0 Å². The van der Waals surface area contributed by atoms with Crippen molar-refractivity contribution in [3.8, 4) is 5.75 Å². The summed E-state index contributed by atoms with van der Waals surface area (Å²) in [6, 6.07) is 6.60. The van der Waals surface area contributed by atoms with Gasteiger partial charge in [-0.2, -0.15) is 0 Å². The first-order valence-electron chi connectivity index (χ1n) is 4.82. The molecule has 0 atom stereocenters. The molecule has 0 amide bonds. The fourth-order valence-electron chi connectivity index (χ4n) is 1.25. The Labute approximate surface area is 88.4 Å². The maximum absolute atomic E-state index is 9.60. The molecule has 0 aliphatic heterocycles. The summed E-state index contributed by atoms with van der Waals surface area (Å²) in [4.78, 5) is 0. The van der Waals surface area contributed by atoms with Crippen LogP contribution in [0.3, 0.4) is 0 Å². The van der Waals surface area contributed by atoms with Crippen molar-refractivity contribution in [2.45, 2.75) is 18.4 Å². The zero-order chi connectivity index (χ0) is 11.3. The van der Waals surface area contributed by atoms with Crippen molar-refractivity contribution < 1.29 is 20.4 Å². The molecule has 1 rings (SSSR count). The van der Waals surface area contributed by atoms with Crippen molar-refractivity contribution in [1.82, 2.24) is 0 Å². The van der Waals surface area contributed by atoms with Crippen LogP contribution in [-0.4, -0.2) is 39.2 Å². The first kappa shape index (κ1) is 12.0. The summed E-state index contributed by atoms with van der Waals surface area (Å²) >= 11 is 0. The van der Waals surface area contributed by atoms with E-state index in [1.165, 1.54) is 0 Å². The third kappa shape index (κ3) is 3.51. The second kappa shape index (κ2) is 5.11. The molecule has 0 heterocycles. The fourth-order valence-corrected chi connectivity index (χ4v) is 1.25. The van der Waals surface area contributed by atoms with Crippen molar-refractivity contribution >= 4 is 0 Å². The first-order chi connectivity index (χ1) is 7.09. The van der Waals surface area contributed by atoms with Crippen LogP contribution in [0.5, 0.6) is 5.75 Å². The molecular weight excluding hydrogens is 196 g/mol. The average molecular weight is 212 g/mol. The molecule has 0 fully saturated rings. The van der Waals surface area contributed by atoms with Crippen molar-refractivity contribution in [3.05, 3.63) is 29.8 Å². The van der Waals surface area contributed by atoms with Gasteiger partial charge in [0.2, 0.25) is 0 Å². The topological polar surface area (TPSA) is 80.9 Å². The molecule has 0 saturated carbocycles. The lowest BCUT2D eigenvalue weighted by Crippen LogP contribution is -2.37. The van der Waals surface area contributed by atoms with Crippen molar-refractivity contribution in [2.75, 3.05) is 13.2 Å². The molecule has 0 aromatic heterocycles. The standard InChI is InChI=1S/C11H16O4/c12-7-11(15,8-13)6-5-9-1-3-10(14)4-2-9/h1-4,12-15H,5-8H2. The molecule has 4 heteroatoms. The van der Waals surface area contributed by atoms with E-state index in [-0.39, 0.29) is 12.2 Å². The van der Waals surface area contributed by atoms with Crippen molar-refractivity contribution in [2.24, 2.45) is 0 Å². The number of aryl methyl sites for hydroxylation is 1. The van der Waals surface area contributed by atoms with E-state index in [0.717, 1.165) is 5.56 Å². The average Bonchev–Trinajstić information content (AvgIpc) is 2.28. The number of rotatable bonds is 5. The number of aliphatic hydroxyl groups excluding tert-OH is 2. The third-order valence-corrected chi connectivity index (χ3v) is 2.40. The van der Waals surface area contributed by atoms with Gasteiger partial charge in [-0.05, 0) is 30.5 Å². The van der Waals surface area contributed by atoms with Crippen LogP contribution in [0.2, 0.25) is 0 Å². The Morgan fingerprint density at radius 1 is 1.00 bits per heavy atom. The second-order valence-electron chi connectivity index (χ2n) is 3.71. The number of hydrogen-bond acceptors (Lipinski definition) is 4. The minimum Gasteiger partial charge on any atom is -0.508 e. The minimum atomic E-state index is -1.42. The molecule has 0 spiro atoms. The predicted molar refractivity (Wildman–Crippen MR) is 55.5 cm³/mol. The van der Waals surface area contributed by atoms with Gasteiger partial charge >= 0.3 is 0 Å². The van der Waals surface area contributed by atoms with Gasteiger partial charge in [-0.25, -0.2) is 0 Å². The van der Waals surface area contributed by atoms with Gasteiger partial charge in [0.15, 0.2) is 0 Å². The number of phenolic OH excluding ortho intramolecular Hbond substituents is 1. The van der Waals surface area contributed by atoms with E-state index in [1.54, 1.807) is 24.3 Å². The van der Waals surface area contributed by atoms with E-state index < -0.39 is 18.8 Å². The lowest BCUT2D eigenvalue weighted by molar-refractivity contribution is -0.0599. The molecular formula is C11H16O4. The van der Waals surface area contributed by atoms with Gasteiger partial charge < -0.3 is 20.4 Å². The summed E-state index contributed by atoms with van der Waals surface area (Å²) in [5.74, 6) is 0.193. The van der Waals surface area contributed by atoms with Crippen LogP contribution in [0, 0.1) is 0 Å². The lowest BCUT2D eigenvalue weighted by atomic mass is 9.96. The summed E-state index contributed by atoms with van der Waals surface area (Å²) in [6.45, 7) is -0.914. The highest BCUT2D eigenvalue weighted by atomic mass is 16.4. The van der Waals surface area contributed by atoms with Gasteiger partial charge in [0, 0.05) is 0 Å². The Morgan fingerprint density at radius 3 is 2.00 bits per heavy atom. The Hall–Kier alpha value is -1.10. The van der Waals surface area contributed by atoms with E-state index >= 15 is 0 Å². The molecule has 0 aliphatic carbocycles. The van der Waals surface area contributed by atoms with Gasteiger partial charge in [-0.3, -0.25) is 0 Å². The summed E-state index contributed by atoms with van der Waals surface area (Å²) in [7, 11) is 0. The van der Waals surface area contributed by atoms with Crippen LogP contribution in [-0.2, 0) is 6.42 Å². The normalized spacial score (nSPS) is 11.7. The van der Waals surface area contributed by atoms with Crippen LogP contribution < -0.4 is 0 Å². The highest BCUT2D eigenvalue weighted by Crippen LogP contribution is 2.16. The number of benzene rings is 1. The molecule has 1 aromatic rings. The molecule has 4 N–H and O–H groups in total. The smallest absolute Gasteiger partial charge is 0.115 e. The zero-order valence-electron chi connectivity index (χ0n) is 8.43. The van der Waals surface area contributed by atoms with Crippen molar-refractivity contribution in [1.29, 1.82) is 0 Å². The molecule has 0 aliphatic rings. The Kier molecular flexibility index (Phi) is 4.08. The quantitative estimate of drug-likeness (QED) is 0.555. The molecule has 4 nitrogen and oxygen atoms in total. The zero-order valence-corrected chi connectivity index (χ0v) is 8.43. The highest BCUT2D eigenvalue weighted by molar-refractivity contribution is 5.26. The lowest BCUT2D eigenvalue weighted by Gasteiger charge is -2.22. The first-order valence-corrected chi connectivity index (χ1v) is 4.82. The number of aliphatic hydroxyl groups is 3. The predicted octanol–water partition coefficient (Wildman–Crippen LogP) is 0.0405. The monoisotopic (exact) mass is 212 g/mol. The summed E-state index contributed by atoms with van der Waals surface area (Å²) < 4.78 is 0. The van der Waals surface area contributed by atoms with E-state index in [1.807, 2.05) is 0 Å².